The molecular weight excluding hydrogens is 269 g/mol. The third-order valence-electron chi connectivity index (χ3n) is 2.99. The van der Waals surface area contributed by atoms with Gasteiger partial charge in [0.2, 0.25) is 5.91 Å². The predicted octanol–water partition coefficient (Wildman–Crippen LogP) is 2.54. The van der Waals surface area contributed by atoms with E-state index < -0.39 is 5.82 Å². The van der Waals surface area contributed by atoms with Crippen molar-refractivity contribution in [1.82, 2.24) is 5.32 Å². The van der Waals surface area contributed by atoms with Crippen molar-refractivity contribution in [2.24, 2.45) is 5.92 Å². The predicted molar refractivity (Wildman–Crippen MR) is 73.6 cm³/mol. The van der Waals surface area contributed by atoms with Gasteiger partial charge < -0.3 is 10.4 Å². The van der Waals surface area contributed by atoms with E-state index in [0.29, 0.717) is 6.42 Å². The number of aliphatic hydroxyl groups is 1. The lowest BCUT2D eigenvalue weighted by Crippen LogP contribution is -2.40. The summed E-state index contributed by atoms with van der Waals surface area (Å²) in [5, 5.41) is 12.0. The van der Waals surface area contributed by atoms with Gasteiger partial charge in [-0.2, -0.15) is 0 Å². The van der Waals surface area contributed by atoms with Crippen molar-refractivity contribution in [2.75, 3.05) is 6.61 Å². The second-order valence-electron chi connectivity index (χ2n) is 4.81. The molecule has 0 bridgehead atoms. The molecule has 2 N–H and O–H groups in total. The Kier molecular flexibility index (Phi) is 6.25. The molecule has 106 valence electrons. The number of aliphatic hydroxyl groups excluding tert-OH is 1. The quantitative estimate of drug-likeness (QED) is 0.845. The smallest absolute Gasteiger partial charge is 0.224 e. The molecule has 1 amide bonds. The van der Waals surface area contributed by atoms with Crippen LogP contribution in [0.2, 0.25) is 5.02 Å². The Morgan fingerprint density at radius 3 is 2.68 bits per heavy atom. The molecule has 1 unspecified atom stereocenters. The number of carbonyl (C=O) groups excluding carboxylic acids is 1. The number of halogens is 2. The molecule has 5 heteroatoms. The summed E-state index contributed by atoms with van der Waals surface area (Å²) in [6, 6.07) is 4.22. The van der Waals surface area contributed by atoms with Crippen LogP contribution in [0.3, 0.4) is 0 Å². The summed E-state index contributed by atoms with van der Waals surface area (Å²) in [7, 11) is 0. The van der Waals surface area contributed by atoms with E-state index in [2.05, 4.69) is 5.32 Å². The Hall–Kier alpha value is -1.13. The summed E-state index contributed by atoms with van der Waals surface area (Å²) in [5.41, 5.74) is 0.202. The van der Waals surface area contributed by atoms with Gasteiger partial charge in [0, 0.05) is 23.2 Å². The van der Waals surface area contributed by atoms with Gasteiger partial charge in [0.05, 0.1) is 6.42 Å². The van der Waals surface area contributed by atoms with Gasteiger partial charge in [0.25, 0.3) is 0 Å². The maximum Gasteiger partial charge on any atom is 0.224 e. The number of hydrogen-bond donors (Lipinski definition) is 2. The van der Waals surface area contributed by atoms with E-state index in [0.717, 1.165) is 0 Å². The normalized spacial score (nSPS) is 12.5. The van der Waals surface area contributed by atoms with Crippen LogP contribution < -0.4 is 5.32 Å². The molecule has 0 saturated carbocycles. The fraction of sp³-hybridized carbons (Fsp3) is 0.500. The summed E-state index contributed by atoms with van der Waals surface area (Å²) in [5.74, 6) is -0.572. The third kappa shape index (κ3) is 4.80. The molecule has 1 atom stereocenters. The minimum absolute atomic E-state index is 0.00355. The van der Waals surface area contributed by atoms with Crippen molar-refractivity contribution >= 4 is 17.5 Å². The Morgan fingerprint density at radius 2 is 2.16 bits per heavy atom. The van der Waals surface area contributed by atoms with Crippen molar-refractivity contribution < 1.29 is 14.3 Å². The van der Waals surface area contributed by atoms with Crippen molar-refractivity contribution in [1.29, 1.82) is 0 Å². The third-order valence-corrected chi connectivity index (χ3v) is 3.34. The molecule has 0 aromatic heterocycles. The van der Waals surface area contributed by atoms with Crippen LogP contribution in [0.4, 0.5) is 4.39 Å². The van der Waals surface area contributed by atoms with E-state index >= 15 is 0 Å². The lowest BCUT2D eigenvalue weighted by molar-refractivity contribution is -0.121. The van der Waals surface area contributed by atoms with Crippen LogP contribution in [0, 0.1) is 11.7 Å². The summed E-state index contributed by atoms with van der Waals surface area (Å²) in [4.78, 5) is 11.9. The first kappa shape index (κ1) is 15.9. The molecule has 0 heterocycles. The van der Waals surface area contributed by atoms with Crippen molar-refractivity contribution in [3.05, 3.63) is 34.6 Å². The van der Waals surface area contributed by atoms with E-state index in [1.165, 1.54) is 12.1 Å². The lowest BCUT2D eigenvalue weighted by Gasteiger charge is -2.21. The zero-order chi connectivity index (χ0) is 14.4. The SMILES string of the molecule is CC(C)C(CCO)NC(=O)Cc1c(F)cccc1Cl. The molecule has 1 aromatic rings. The highest BCUT2D eigenvalue weighted by Crippen LogP contribution is 2.19. The van der Waals surface area contributed by atoms with E-state index in [-0.39, 0.29) is 41.5 Å². The molecule has 0 spiro atoms. The van der Waals surface area contributed by atoms with E-state index in [9.17, 15) is 9.18 Å². The monoisotopic (exact) mass is 287 g/mol. The van der Waals surface area contributed by atoms with Gasteiger partial charge >= 0.3 is 0 Å². The maximum absolute atomic E-state index is 13.6. The van der Waals surface area contributed by atoms with Gasteiger partial charge in [-0.05, 0) is 24.5 Å². The molecule has 1 rings (SSSR count). The lowest BCUT2D eigenvalue weighted by atomic mass is 10.0. The minimum Gasteiger partial charge on any atom is -0.396 e. The Morgan fingerprint density at radius 1 is 1.47 bits per heavy atom. The molecule has 0 fully saturated rings. The fourth-order valence-electron chi connectivity index (χ4n) is 1.83. The number of amides is 1. The minimum atomic E-state index is -0.481. The van der Waals surface area contributed by atoms with Gasteiger partial charge in [-0.3, -0.25) is 4.79 Å². The van der Waals surface area contributed by atoms with Crippen LogP contribution in [0.5, 0.6) is 0 Å². The number of rotatable bonds is 6. The molecule has 0 aliphatic carbocycles. The highest BCUT2D eigenvalue weighted by molar-refractivity contribution is 6.31. The van der Waals surface area contributed by atoms with Crippen molar-refractivity contribution in [2.45, 2.75) is 32.7 Å². The van der Waals surface area contributed by atoms with E-state index in [1.54, 1.807) is 6.07 Å². The topological polar surface area (TPSA) is 49.3 Å². The summed E-state index contributed by atoms with van der Waals surface area (Å²) < 4.78 is 13.6. The van der Waals surface area contributed by atoms with E-state index in [1.807, 2.05) is 13.8 Å². The molecule has 19 heavy (non-hydrogen) atoms. The number of hydrogen-bond acceptors (Lipinski definition) is 2. The molecule has 3 nitrogen and oxygen atoms in total. The average Bonchev–Trinajstić information content (AvgIpc) is 2.33. The first-order valence-electron chi connectivity index (χ1n) is 6.28. The zero-order valence-electron chi connectivity index (χ0n) is 11.1. The number of benzene rings is 1. The van der Waals surface area contributed by atoms with Crippen LogP contribution in [0.1, 0.15) is 25.8 Å². The molecule has 0 aliphatic heterocycles. The van der Waals surface area contributed by atoms with Crippen molar-refractivity contribution in [3.8, 4) is 0 Å². The van der Waals surface area contributed by atoms with Gasteiger partial charge in [-0.1, -0.05) is 31.5 Å². The van der Waals surface area contributed by atoms with Gasteiger partial charge in [0.15, 0.2) is 0 Å². The first-order valence-corrected chi connectivity index (χ1v) is 6.66. The molecular formula is C14H19ClFNO2. The molecule has 1 aromatic carbocycles. The Balaban J connectivity index is 2.69. The fourth-order valence-corrected chi connectivity index (χ4v) is 2.06. The van der Waals surface area contributed by atoms with Gasteiger partial charge in [-0.25, -0.2) is 4.39 Å². The van der Waals surface area contributed by atoms with Crippen LogP contribution in [0.25, 0.3) is 0 Å². The van der Waals surface area contributed by atoms with Gasteiger partial charge in [0.1, 0.15) is 5.82 Å². The largest absolute Gasteiger partial charge is 0.396 e. The number of nitrogens with one attached hydrogen (secondary N) is 1. The summed E-state index contributed by atoms with van der Waals surface area (Å²) >= 11 is 5.87. The first-order chi connectivity index (χ1) is 8.95. The maximum atomic E-state index is 13.6. The Bertz CT molecular complexity index is 417. The summed E-state index contributed by atoms with van der Waals surface area (Å²) in [6.07, 6.45) is 0.383. The molecule has 0 saturated heterocycles. The van der Waals surface area contributed by atoms with E-state index in [4.69, 9.17) is 16.7 Å². The second-order valence-corrected chi connectivity index (χ2v) is 5.21. The Labute approximate surface area is 117 Å². The van der Waals surface area contributed by atoms with Crippen LogP contribution in [-0.2, 0) is 11.2 Å². The standard InChI is InChI=1S/C14H19ClFNO2/c1-9(2)13(6-7-18)17-14(19)8-10-11(15)4-3-5-12(10)16/h3-5,9,13,18H,6-8H2,1-2H3,(H,17,19). The average molecular weight is 288 g/mol. The zero-order valence-corrected chi connectivity index (χ0v) is 11.9. The van der Waals surface area contributed by atoms with Crippen LogP contribution in [-0.4, -0.2) is 23.7 Å². The van der Waals surface area contributed by atoms with Crippen LogP contribution in [0.15, 0.2) is 18.2 Å². The molecule has 0 aliphatic rings. The highest BCUT2D eigenvalue weighted by Gasteiger charge is 2.17. The second kappa shape index (κ2) is 7.46. The highest BCUT2D eigenvalue weighted by atomic mass is 35.5. The summed E-state index contributed by atoms with van der Waals surface area (Å²) in [6.45, 7) is 3.91. The number of carbonyl (C=O) groups is 1. The van der Waals surface area contributed by atoms with Crippen molar-refractivity contribution in [3.63, 3.8) is 0 Å². The molecule has 0 radical (unpaired) electrons. The van der Waals surface area contributed by atoms with Gasteiger partial charge in [-0.15, -0.1) is 0 Å². The van der Waals surface area contributed by atoms with Crippen LogP contribution >= 0.6 is 11.6 Å².